The molecule has 0 saturated carbocycles. The van der Waals surface area contributed by atoms with Crippen LogP contribution in [-0.2, 0) is 9.47 Å². The van der Waals surface area contributed by atoms with Crippen LogP contribution >= 0.6 is 0 Å². The normalized spacial score (nSPS) is 12.9. The number of nitrogens with zero attached hydrogens (tertiary/aromatic N) is 1. The molecule has 0 saturated heterocycles. The maximum Gasteiger partial charge on any atom is 0.416 e. The molecule has 0 atom stereocenters. The fraction of sp³-hybridized carbons (Fsp3) is 0.500. The second kappa shape index (κ2) is 11.9. The third-order valence-corrected chi connectivity index (χ3v) is 3.29. The molecule has 1 aromatic carbocycles. The quantitative estimate of drug-likeness (QED) is 0.531. The Balaban J connectivity index is 0.000000520. The Kier molecular flexibility index (Phi) is 10.7. The highest BCUT2D eigenvalue weighted by atomic mass is 16.6. The van der Waals surface area contributed by atoms with Gasteiger partial charge in [-0.1, -0.05) is 13.8 Å². The molecule has 0 aliphatic carbocycles. The van der Waals surface area contributed by atoms with Crippen molar-refractivity contribution in [1.29, 1.82) is 0 Å². The van der Waals surface area contributed by atoms with Gasteiger partial charge in [-0.3, -0.25) is 9.69 Å². The highest BCUT2D eigenvalue weighted by Crippen LogP contribution is 2.19. The van der Waals surface area contributed by atoms with Gasteiger partial charge in [0.15, 0.2) is 0 Å². The van der Waals surface area contributed by atoms with Gasteiger partial charge < -0.3 is 26.3 Å². The smallest absolute Gasteiger partial charge is 0.416 e. The number of allylic oxidation sites excluding steroid dienone is 1. The molecule has 158 valence electrons. The van der Waals surface area contributed by atoms with Crippen LogP contribution in [0.15, 0.2) is 29.6 Å². The fourth-order valence-corrected chi connectivity index (χ4v) is 2.18. The second-order valence-corrected chi connectivity index (χ2v) is 6.80. The van der Waals surface area contributed by atoms with E-state index in [9.17, 15) is 9.59 Å². The predicted molar refractivity (Wildman–Crippen MR) is 113 cm³/mol. The van der Waals surface area contributed by atoms with Crippen LogP contribution in [0.2, 0.25) is 0 Å². The molecule has 5 N–H and O–H groups in total. The van der Waals surface area contributed by atoms with E-state index in [0.717, 1.165) is 11.4 Å². The minimum Gasteiger partial charge on any atom is -0.443 e. The van der Waals surface area contributed by atoms with Crippen molar-refractivity contribution in [2.24, 2.45) is 0 Å². The lowest BCUT2D eigenvalue weighted by molar-refractivity contribution is 0.0298. The van der Waals surface area contributed by atoms with Gasteiger partial charge in [0, 0.05) is 29.7 Å². The number of carbonyl (C=O) groups excluding carboxylic acids is 2. The molecule has 0 fully saturated rings. The number of hydrogen-bond acceptors (Lipinski definition) is 7. The van der Waals surface area contributed by atoms with Crippen molar-refractivity contribution in [2.75, 3.05) is 31.9 Å². The minimum atomic E-state index is -0.480. The standard InChI is InChI=1S/C11H20N2O3.C7H8N2O.C2H6/c1-8-9(6-15-5)13(7-12-8)10(14)16-11(2,3)4;8-6-1-5(4-10)2-7(9)3-6;1-2/h12H,6-7H2,1-5H3;1-4H,8-9H2;1-2H3. The van der Waals surface area contributed by atoms with Gasteiger partial charge in [0.1, 0.15) is 11.9 Å². The maximum absolute atomic E-state index is 11.9. The summed E-state index contributed by atoms with van der Waals surface area (Å²) in [4.78, 5) is 23.6. The summed E-state index contributed by atoms with van der Waals surface area (Å²) in [6.07, 6.45) is 0.371. The molecule has 1 aliphatic heterocycles. The Bertz CT molecular complexity index is 661. The first-order chi connectivity index (χ1) is 13.1. The summed E-state index contributed by atoms with van der Waals surface area (Å²) in [5.41, 5.74) is 13.6. The molecule has 8 nitrogen and oxygen atoms in total. The molecular weight excluding hydrogens is 360 g/mol. The lowest BCUT2D eigenvalue weighted by Gasteiger charge is -2.25. The third kappa shape index (κ3) is 8.77. The average molecular weight is 395 g/mol. The Morgan fingerprint density at radius 2 is 1.75 bits per heavy atom. The summed E-state index contributed by atoms with van der Waals surface area (Å²) >= 11 is 0. The lowest BCUT2D eigenvalue weighted by Crippen LogP contribution is -2.37. The number of aldehydes is 1. The molecule has 2 rings (SSSR count). The molecule has 0 bridgehead atoms. The van der Waals surface area contributed by atoms with Crippen molar-refractivity contribution in [3.05, 3.63) is 35.2 Å². The van der Waals surface area contributed by atoms with Gasteiger partial charge in [-0.05, 0) is 45.9 Å². The molecule has 8 heteroatoms. The van der Waals surface area contributed by atoms with E-state index in [0.29, 0.717) is 36.5 Å². The number of ether oxygens (including phenoxy) is 2. The maximum atomic E-state index is 11.9. The van der Waals surface area contributed by atoms with Crippen molar-refractivity contribution in [1.82, 2.24) is 10.2 Å². The van der Waals surface area contributed by atoms with Gasteiger partial charge in [-0.15, -0.1) is 0 Å². The molecule has 0 radical (unpaired) electrons. The minimum absolute atomic E-state index is 0.344. The molecular formula is C20H34N4O4. The number of hydrogen-bond donors (Lipinski definition) is 3. The summed E-state index contributed by atoms with van der Waals surface area (Å²) < 4.78 is 10.4. The van der Waals surface area contributed by atoms with Crippen LogP contribution in [0.1, 0.15) is 51.9 Å². The van der Waals surface area contributed by atoms with Gasteiger partial charge in [-0.25, -0.2) is 4.79 Å². The summed E-state index contributed by atoms with van der Waals surface area (Å²) in [7, 11) is 1.60. The summed E-state index contributed by atoms with van der Waals surface area (Å²) in [6, 6.07) is 4.75. The van der Waals surface area contributed by atoms with Gasteiger partial charge in [0.25, 0.3) is 0 Å². The zero-order valence-corrected chi connectivity index (χ0v) is 18.0. The highest BCUT2D eigenvalue weighted by Gasteiger charge is 2.29. The Morgan fingerprint density at radius 1 is 1.21 bits per heavy atom. The summed E-state index contributed by atoms with van der Waals surface area (Å²) in [5.74, 6) is 0. The van der Waals surface area contributed by atoms with Gasteiger partial charge in [0.2, 0.25) is 0 Å². The number of rotatable bonds is 3. The Labute approximate surface area is 167 Å². The number of nitrogens with two attached hydrogens (primary N) is 2. The second-order valence-electron chi connectivity index (χ2n) is 6.80. The van der Waals surface area contributed by atoms with Crippen molar-refractivity contribution in [3.8, 4) is 0 Å². The lowest BCUT2D eigenvalue weighted by atomic mass is 10.2. The monoisotopic (exact) mass is 394 g/mol. The number of nitrogens with one attached hydrogen (secondary N) is 1. The fourth-order valence-electron chi connectivity index (χ4n) is 2.18. The highest BCUT2D eigenvalue weighted by molar-refractivity contribution is 5.79. The number of anilines is 2. The van der Waals surface area contributed by atoms with E-state index in [4.69, 9.17) is 20.9 Å². The zero-order chi connectivity index (χ0) is 21.9. The van der Waals surface area contributed by atoms with Crippen molar-refractivity contribution < 1.29 is 19.1 Å². The summed E-state index contributed by atoms with van der Waals surface area (Å²) in [5, 5.41) is 3.10. The first-order valence-corrected chi connectivity index (χ1v) is 9.11. The number of methoxy groups -OCH3 is 1. The molecule has 1 aliphatic rings. The van der Waals surface area contributed by atoms with Gasteiger partial charge in [-0.2, -0.15) is 0 Å². The van der Waals surface area contributed by atoms with E-state index < -0.39 is 5.60 Å². The van der Waals surface area contributed by atoms with Gasteiger partial charge in [0.05, 0.1) is 19.0 Å². The van der Waals surface area contributed by atoms with E-state index in [2.05, 4.69) is 5.32 Å². The van der Waals surface area contributed by atoms with Gasteiger partial charge >= 0.3 is 6.09 Å². The molecule has 1 aromatic rings. The van der Waals surface area contributed by atoms with E-state index in [1.807, 2.05) is 41.5 Å². The average Bonchev–Trinajstić information content (AvgIpc) is 2.96. The van der Waals surface area contributed by atoms with Crippen LogP contribution < -0.4 is 16.8 Å². The topological polar surface area (TPSA) is 120 Å². The van der Waals surface area contributed by atoms with Crippen molar-refractivity contribution in [3.63, 3.8) is 0 Å². The first kappa shape index (κ1) is 25.3. The molecule has 0 unspecified atom stereocenters. The van der Waals surface area contributed by atoms with E-state index >= 15 is 0 Å². The third-order valence-electron chi connectivity index (χ3n) is 3.29. The molecule has 28 heavy (non-hydrogen) atoms. The number of benzene rings is 1. The number of carbonyl (C=O) groups is 2. The molecule has 1 amide bonds. The van der Waals surface area contributed by atoms with E-state index in [-0.39, 0.29) is 6.09 Å². The number of nitrogen functional groups attached to an aromatic ring is 2. The molecule has 0 spiro atoms. The van der Waals surface area contributed by atoms with Crippen molar-refractivity contribution in [2.45, 2.75) is 47.1 Å². The SMILES string of the molecule is CC.COCC1=C(C)NCN1C(=O)OC(C)(C)C.Nc1cc(N)cc(C=O)c1. The molecule has 0 aromatic heterocycles. The van der Waals surface area contributed by atoms with Crippen molar-refractivity contribution >= 4 is 23.8 Å². The van der Waals surface area contributed by atoms with E-state index in [1.54, 1.807) is 30.2 Å². The predicted octanol–water partition coefficient (Wildman–Crippen LogP) is 3.35. The first-order valence-electron chi connectivity index (χ1n) is 9.11. The van der Waals surface area contributed by atoms with Crippen LogP contribution in [0.3, 0.4) is 0 Å². The van der Waals surface area contributed by atoms with Crippen LogP contribution in [0.5, 0.6) is 0 Å². The Morgan fingerprint density at radius 3 is 2.18 bits per heavy atom. The zero-order valence-electron chi connectivity index (χ0n) is 18.0. The largest absolute Gasteiger partial charge is 0.443 e. The van der Waals surface area contributed by atoms with Crippen LogP contribution in [-0.4, -0.2) is 43.3 Å². The van der Waals surface area contributed by atoms with E-state index in [1.165, 1.54) is 0 Å². The summed E-state index contributed by atoms with van der Waals surface area (Å²) in [6.45, 7) is 12.3. The van der Waals surface area contributed by atoms with Crippen LogP contribution in [0.4, 0.5) is 16.2 Å². The van der Waals surface area contributed by atoms with Crippen LogP contribution in [0, 0.1) is 0 Å². The Hall–Kier alpha value is -2.74. The number of amides is 1. The molecule has 1 heterocycles. The van der Waals surface area contributed by atoms with Crippen LogP contribution in [0.25, 0.3) is 0 Å².